The highest BCUT2D eigenvalue weighted by Crippen LogP contribution is 2.52. The van der Waals surface area contributed by atoms with Crippen molar-refractivity contribution in [1.29, 1.82) is 5.26 Å². The first-order valence-electron chi connectivity index (χ1n) is 17.2. The summed E-state index contributed by atoms with van der Waals surface area (Å²) in [6.07, 6.45) is -5.03. The number of fused-ring (bicyclic) bond motifs is 2. The molecule has 53 heavy (non-hydrogen) atoms. The molecule has 0 spiro atoms. The first-order valence-corrected chi connectivity index (χ1v) is 18.4. The van der Waals surface area contributed by atoms with Crippen LogP contribution in [-0.4, -0.2) is 84.0 Å². The molecule has 0 bridgehead atoms. The van der Waals surface area contributed by atoms with Crippen LogP contribution in [0.4, 0.5) is 32.8 Å². The number of nitrogens with zero attached hydrogens (tertiary/aromatic N) is 5. The summed E-state index contributed by atoms with van der Waals surface area (Å²) in [5.41, 5.74) is 4.59. The van der Waals surface area contributed by atoms with Crippen molar-refractivity contribution in [3.63, 3.8) is 0 Å². The van der Waals surface area contributed by atoms with Crippen LogP contribution in [0.2, 0.25) is 5.02 Å². The van der Waals surface area contributed by atoms with E-state index in [0.29, 0.717) is 13.0 Å². The highest BCUT2D eigenvalue weighted by atomic mass is 35.5. The van der Waals surface area contributed by atoms with Crippen molar-refractivity contribution < 1.29 is 41.0 Å². The van der Waals surface area contributed by atoms with Gasteiger partial charge in [0.2, 0.25) is 0 Å². The van der Waals surface area contributed by atoms with Crippen molar-refractivity contribution in [3.05, 3.63) is 34.4 Å². The number of ether oxygens (including phenoxy) is 3. The maximum absolute atomic E-state index is 17.3. The Morgan fingerprint density at radius 2 is 2.00 bits per heavy atom. The Kier molecular flexibility index (Phi) is 9.73. The lowest BCUT2D eigenvalue weighted by Crippen LogP contribution is -2.47. The van der Waals surface area contributed by atoms with Crippen LogP contribution in [0.1, 0.15) is 52.0 Å². The number of hydrogen-bond acceptors (Lipinski definition) is 11. The average molecular weight is 779 g/mol. The number of benzene rings is 2. The van der Waals surface area contributed by atoms with Crippen molar-refractivity contribution in [2.45, 2.75) is 82.8 Å². The molecular weight excluding hydrogens is 743 g/mol. The molecule has 0 saturated carbocycles. The number of aromatic nitrogens is 2. The van der Waals surface area contributed by atoms with Crippen LogP contribution in [0.3, 0.4) is 0 Å². The summed E-state index contributed by atoms with van der Waals surface area (Å²) >= 11 is 7.87. The lowest BCUT2D eigenvalue weighted by atomic mass is 9.95. The normalized spacial score (nSPS) is 23.6. The fourth-order valence-corrected chi connectivity index (χ4v) is 9.04. The lowest BCUT2D eigenvalue weighted by Gasteiger charge is -2.37. The second kappa shape index (κ2) is 13.9. The zero-order valence-electron chi connectivity index (χ0n) is 29.2. The van der Waals surface area contributed by atoms with Gasteiger partial charge in [0.05, 0.1) is 38.2 Å². The number of thiophene rings is 1. The van der Waals surface area contributed by atoms with E-state index >= 15 is 8.78 Å². The number of carbonyl (C=O) groups excluding carboxylic acids is 1. The summed E-state index contributed by atoms with van der Waals surface area (Å²) in [7, 11) is 1.36. The van der Waals surface area contributed by atoms with Crippen LogP contribution in [0.5, 0.6) is 11.8 Å². The molecule has 5 atom stereocenters. The molecule has 4 aromatic rings. The van der Waals surface area contributed by atoms with E-state index in [0.717, 1.165) is 23.8 Å². The van der Waals surface area contributed by atoms with E-state index in [2.05, 4.69) is 9.97 Å². The van der Waals surface area contributed by atoms with Gasteiger partial charge in [0.1, 0.15) is 53.2 Å². The Bertz CT molecular complexity index is 2170. The molecule has 2 aromatic heterocycles. The Morgan fingerprint density at radius 1 is 1.25 bits per heavy atom. The molecule has 2 N–H and O–H groups in total. The van der Waals surface area contributed by atoms with Crippen LogP contribution < -0.4 is 20.1 Å². The van der Waals surface area contributed by atoms with Crippen molar-refractivity contribution in [3.8, 4) is 29.0 Å². The molecule has 10 nitrogen and oxygen atoms in total. The zero-order valence-corrected chi connectivity index (χ0v) is 30.8. The van der Waals surface area contributed by atoms with Gasteiger partial charge in [-0.05, 0) is 37.9 Å². The van der Waals surface area contributed by atoms with Gasteiger partial charge in [-0.15, -0.1) is 11.3 Å². The molecular formula is C36H36ClF5N6O4S. The van der Waals surface area contributed by atoms with Gasteiger partial charge in [0, 0.05) is 37.4 Å². The number of alkyl halides is 3. The third-order valence-corrected chi connectivity index (χ3v) is 11.9. The number of rotatable bonds is 8. The number of halogens is 6. The molecule has 3 aliphatic heterocycles. The smallest absolute Gasteiger partial charge is 0.319 e. The van der Waals surface area contributed by atoms with E-state index in [9.17, 15) is 23.2 Å². The highest BCUT2D eigenvalue weighted by Gasteiger charge is 2.49. The van der Waals surface area contributed by atoms with Crippen LogP contribution >= 0.6 is 22.9 Å². The maximum atomic E-state index is 17.3. The molecule has 5 heterocycles. The van der Waals surface area contributed by atoms with E-state index in [-0.39, 0.29) is 85.8 Å². The van der Waals surface area contributed by atoms with Crippen LogP contribution in [0, 0.1) is 28.9 Å². The minimum Gasteiger partial charge on any atom is -0.484 e. The monoisotopic (exact) mass is 778 g/mol. The number of hydrogen-bond donors (Lipinski definition) is 1. The molecule has 282 valence electrons. The number of carbonyl (C=O) groups is 1. The van der Waals surface area contributed by atoms with Gasteiger partial charge >= 0.3 is 12.0 Å². The SMILES string of the molecule is CC(C)C(=O)OC(C)C1CC(C(F)F)N(C)c2nc(OC[C@@]34CCCN3C[C@H](F)C4)nc3c(F)c(-c4ccc(F)c5sc(N)c(C#N)c45)c(Cl)c(c23)O1. The molecule has 17 heteroatoms. The number of anilines is 2. The Hall–Kier alpha value is -4.20. The Balaban J connectivity index is 1.48. The summed E-state index contributed by atoms with van der Waals surface area (Å²) < 4.78 is 95.0. The predicted octanol–water partition coefficient (Wildman–Crippen LogP) is 7.66. The van der Waals surface area contributed by atoms with Crippen molar-refractivity contribution in [2.75, 3.05) is 37.4 Å². The molecule has 2 saturated heterocycles. The summed E-state index contributed by atoms with van der Waals surface area (Å²) in [5.74, 6) is -3.29. The zero-order chi connectivity index (χ0) is 38.1. The van der Waals surface area contributed by atoms with Gasteiger partial charge in [0.15, 0.2) is 11.6 Å². The number of nitrogen functional groups attached to an aromatic ring is 1. The van der Waals surface area contributed by atoms with Gasteiger partial charge in [-0.25, -0.2) is 22.0 Å². The molecule has 0 radical (unpaired) electrons. The quantitative estimate of drug-likeness (QED) is 0.141. The lowest BCUT2D eigenvalue weighted by molar-refractivity contribution is -0.157. The summed E-state index contributed by atoms with van der Waals surface area (Å²) in [4.78, 5) is 24.8. The van der Waals surface area contributed by atoms with Gasteiger partial charge in [-0.2, -0.15) is 15.2 Å². The summed E-state index contributed by atoms with van der Waals surface area (Å²) in [6, 6.07) is 2.37. The van der Waals surface area contributed by atoms with E-state index in [1.807, 2.05) is 11.0 Å². The van der Waals surface area contributed by atoms with Gasteiger partial charge < -0.3 is 24.8 Å². The highest BCUT2D eigenvalue weighted by molar-refractivity contribution is 7.23. The number of esters is 1. The van der Waals surface area contributed by atoms with Crippen molar-refractivity contribution >= 4 is 60.7 Å². The third-order valence-electron chi connectivity index (χ3n) is 10.5. The van der Waals surface area contributed by atoms with E-state index in [1.54, 1.807) is 13.8 Å². The van der Waals surface area contributed by atoms with Crippen molar-refractivity contribution in [2.24, 2.45) is 5.92 Å². The molecule has 0 aliphatic carbocycles. The van der Waals surface area contributed by atoms with Crippen LogP contribution in [0.25, 0.3) is 32.1 Å². The Labute approximate surface area is 310 Å². The predicted molar refractivity (Wildman–Crippen MR) is 191 cm³/mol. The largest absolute Gasteiger partial charge is 0.484 e. The molecule has 2 fully saturated rings. The average Bonchev–Trinajstić information content (AvgIpc) is 3.75. The molecule has 2 aromatic carbocycles. The van der Waals surface area contributed by atoms with Crippen LogP contribution in [-0.2, 0) is 9.53 Å². The first-order chi connectivity index (χ1) is 25.1. The van der Waals surface area contributed by atoms with E-state index in [1.165, 1.54) is 24.9 Å². The fraction of sp³-hybridized carbons (Fsp3) is 0.500. The molecule has 3 unspecified atom stereocenters. The van der Waals surface area contributed by atoms with Crippen molar-refractivity contribution in [1.82, 2.24) is 14.9 Å². The molecule has 3 aliphatic rings. The number of nitrogens with two attached hydrogens (primary N) is 1. The Morgan fingerprint density at radius 3 is 2.70 bits per heavy atom. The van der Waals surface area contributed by atoms with Gasteiger partial charge in [0.25, 0.3) is 6.43 Å². The second-order valence-electron chi connectivity index (χ2n) is 14.2. The van der Waals surface area contributed by atoms with Crippen LogP contribution in [0.15, 0.2) is 12.1 Å². The molecule has 0 amide bonds. The fourth-order valence-electron chi connectivity index (χ4n) is 7.77. The maximum Gasteiger partial charge on any atom is 0.319 e. The minimum atomic E-state index is -2.97. The summed E-state index contributed by atoms with van der Waals surface area (Å²) in [6.45, 7) is 5.62. The van der Waals surface area contributed by atoms with E-state index < -0.39 is 65.4 Å². The topological polar surface area (TPSA) is 127 Å². The third kappa shape index (κ3) is 6.24. The van der Waals surface area contributed by atoms with Gasteiger partial charge in [-0.3, -0.25) is 9.69 Å². The standard InChI is InChI=1S/C36H36ClF5N6O4S/c1-15(2)34(49)51-16(3)22-10-21(31(41)42)47(4)33-25-28(45-35(46-33)50-14-36-8-5-9-48(36)13-17(38)11-36)27(40)24(26(37)29(25)52-22)18-6-7-20(39)30-23(18)19(12-43)32(44)53-30/h6-7,15-17,21-22,31H,5,8-11,13-14,44H2,1-4H3/t16?,17-,21?,22?,36+/m1/s1. The number of nitriles is 1. The van der Waals surface area contributed by atoms with Gasteiger partial charge in [-0.1, -0.05) is 31.5 Å². The minimum absolute atomic E-state index is 0.000584. The molecule has 7 rings (SSSR count). The second-order valence-corrected chi connectivity index (χ2v) is 15.6. The van der Waals surface area contributed by atoms with E-state index in [4.69, 9.17) is 31.5 Å². The summed E-state index contributed by atoms with van der Waals surface area (Å²) in [5, 5.41) is 9.48. The first kappa shape index (κ1) is 37.1.